The minimum Gasteiger partial charge on any atom is -0.377 e. The van der Waals surface area contributed by atoms with Crippen molar-refractivity contribution < 1.29 is 5.11 Å². The molecule has 0 bridgehead atoms. The van der Waals surface area contributed by atoms with E-state index in [2.05, 4.69) is 23.1 Å². The normalized spacial score (nSPS) is 32.4. The smallest absolute Gasteiger partial charge is 0.121 e. The average molecular weight is 236 g/mol. The van der Waals surface area contributed by atoms with E-state index in [0.717, 1.165) is 24.3 Å². The zero-order chi connectivity index (χ0) is 10.4. The molecule has 3 nitrogen and oxygen atoms in total. The van der Waals surface area contributed by atoms with Gasteiger partial charge in [-0.15, -0.1) is 0 Å². The summed E-state index contributed by atoms with van der Waals surface area (Å²) in [5.74, 6) is 2.23. The molecule has 0 amide bonds. The Hall–Kier alpha value is 0.580. The number of hydrogen-bond donors (Lipinski definition) is 3. The van der Waals surface area contributed by atoms with Gasteiger partial charge in [-0.1, -0.05) is 0 Å². The second-order valence-corrected chi connectivity index (χ2v) is 5.47. The predicted octanol–water partition coefficient (Wildman–Crippen LogP) is 0.699. The molecule has 1 fully saturated rings. The van der Waals surface area contributed by atoms with E-state index in [-0.39, 0.29) is 12.3 Å². The first-order valence-electron chi connectivity index (χ1n) is 4.96. The highest BCUT2D eigenvalue weighted by Gasteiger charge is 2.30. The molecule has 1 aliphatic rings. The molecule has 1 rings (SSSR count). The maximum absolute atomic E-state index is 9.70. The number of aliphatic hydroxyl groups is 1. The van der Waals surface area contributed by atoms with Crippen molar-refractivity contribution in [2.75, 3.05) is 24.0 Å². The lowest BCUT2D eigenvalue weighted by molar-refractivity contribution is 0.134. The van der Waals surface area contributed by atoms with E-state index < -0.39 is 0 Å². The van der Waals surface area contributed by atoms with Crippen LogP contribution in [-0.2, 0) is 0 Å². The highest BCUT2D eigenvalue weighted by atomic mass is 32.2. The minimum atomic E-state index is -0.367. The molecule has 14 heavy (non-hydrogen) atoms. The SMILES string of the molecule is CSCCC1NC(O)C(CCSC)N1. The Morgan fingerprint density at radius 3 is 2.36 bits per heavy atom. The molecule has 3 N–H and O–H groups in total. The van der Waals surface area contributed by atoms with Crippen molar-refractivity contribution in [2.45, 2.75) is 31.3 Å². The standard InChI is InChI=1S/C9H20N2OS2/c1-13-5-3-7-9(12)11-8(10-7)4-6-14-2/h7-12H,3-6H2,1-2H3. The molecule has 1 aliphatic heterocycles. The summed E-state index contributed by atoms with van der Waals surface area (Å²) in [6, 6.07) is 0.231. The quantitative estimate of drug-likeness (QED) is 0.633. The summed E-state index contributed by atoms with van der Waals surface area (Å²) in [6.45, 7) is 0. The summed E-state index contributed by atoms with van der Waals surface area (Å²) in [4.78, 5) is 0. The molecule has 1 heterocycles. The van der Waals surface area contributed by atoms with Crippen LogP contribution in [0.2, 0.25) is 0 Å². The molecule has 0 spiro atoms. The van der Waals surface area contributed by atoms with Crippen LogP contribution in [0.4, 0.5) is 0 Å². The fourth-order valence-electron chi connectivity index (χ4n) is 1.61. The zero-order valence-electron chi connectivity index (χ0n) is 8.82. The maximum Gasteiger partial charge on any atom is 0.121 e. The summed E-state index contributed by atoms with van der Waals surface area (Å²) in [6.07, 6.45) is 6.24. The summed E-state index contributed by atoms with van der Waals surface area (Å²) in [7, 11) is 0. The topological polar surface area (TPSA) is 44.3 Å². The molecular weight excluding hydrogens is 216 g/mol. The van der Waals surface area contributed by atoms with Crippen molar-refractivity contribution in [1.82, 2.24) is 10.6 Å². The van der Waals surface area contributed by atoms with Crippen molar-refractivity contribution in [2.24, 2.45) is 0 Å². The maximum atomic E-state index is 9.70. The highest BCUT2D eigenvalue weighted by Crippen LogP contribution is 2.12. The molecule has 0 radical (unpaired) electrons. The van der Waals surface area contributed by atoms with Crippen molar-refractivity contribution in [3.8, 4) is 0 Å². The van der Waals surface area contributed by atoms with Crippen LogP contribution in [0.3, 0.4) is 0 Å². The molecule has 1 saturated heterocycles. The van der Waals surface area contributed by atoms with E-state index in [9.17, 15) is 5.11 Å². The Kier molecular flexibility index (Phi) is 6.28. The van der Waals surface area contributed by atoms with Crippen LogP contribution in [-0.4, -0.2) is 47.6 Å². The Bertz CT molecular complexity index is 160. The van der Waals surface area contributed by atoms with Gasteiger partial charge in [0, 0.05) is 6.04 Å². The molecule has 0 aromatic carbocycles. The van der Waals surface area contributed by atoms with Gasteiger partial charge in [0.15, 0.2) is 0 Å². The lowest BCUT2D eigenvalue weighted by atomic mass is 10.2. The van der Waals surface area contributed by atoms with Gasteiger partial charge in [0.1, 0.15) is 6.23 Å². The highest BCUT2D eigenvalue weighted by molar-refractivity contribution is 7.98. The van der Waals surface area contributed by atoms with E-state index >= 15 is 0 Å². The van der Waals surface area contributed by atoms with Gasteiger partial charge < -0.3 is 5.11 Å². The number of hydrogen-bond acceptors (Lipinski definition) is 5. The van der Waals surface area contributed by atoms with Gasteiger partial charge in [-0.25, -0.2) is 0 Å². The molecule has 0 saturated carbocycles. The number of rotatable bonds is 6. The van der Waals surface area contributed by atoms with Gasteiger partial charge in [0.25, 0.3) is 0 Å². The van der Waals surface area contributed by atoms with Crippen LogP contribution >= 0.6 is 23.5 Å². The first-order valence-corrected chi connectivity index (χ1v) is 7.74. The van der Waals surface area contributed by atoms with E-state index in [0.29, 0.717) is 6.17 Å². The number of thioether (sulfide) groups is 2. The summed E-state index contributed by atoms with van der Waals surface area (Å²) in [5.41, 5.74) is 0. The number of nitrogens with one attached hydrogen (secondary N) is 2. The van der Waals surface area contributed by atoms with Gasteiger partial charge >= 0.3 is 0 Å². The van der Waals surface area contributed by atoms with Gasteiger partial charge in [0.2, 0.25) is 0 Å². The fourth-order valence-corrected chi connectivity index (χ4v) is 2.57. The van der Waals surface area contributed by atoms with E-state index in [1.807, 2.05) is 23.5 Å². The third-order valence-electron chi connectivity index (χ3n) is 2.41. The summed E-state index contributed by atoms with van der Waals surface area (Å²) in [5, 5.41) is 16.3. The molecule has 0 aliphatic carbocycles. The van der Waals surface area contributed by atoms with E-state index in [4.69, 9.17) is 0 Å². The van der Waals surface area contributed by atoms with Crippen molar-refractivity contribution in [3.05, 3.63) is 0 Å². The van der Waals surface area contributed by atoms with Crippen LogP contribution in [0.1, 0.15) is 12.8 Å². The predicted molar refractivity (Wildman–Crippen MR) is 65.9 cm³/mol. The monoisotopic (exact) mass is 236 g/mol. The van der Waals surface area contributed by atoms with Crippen LogP contribution in [0, 0.1) is 0 Å². The molecule has 3 atom stereocenters. The zero-order valence-corrected chi connectivity index (χ0v) is 10.5. The fraction of sp³-hybridized carbons (Fsp3) is 1.00. The van der Waals surface area contributed by atoms with Gasteiger partial charge in [0.05, 0.1) is 6.17 Å². The van der Waals surface area contributed by atoms with Crippen molar-refractivity contribution in [3.63, 3.8) is 0 Å². The number of aliphatic hydroxyl groups excluding tert-OH is 1. The first kappa shape index (κ1) is 12.6. The molecule has 3 unspecified atom stereocenters. The van der Waals surface area contributed by atoms with Crippen LogP contribution in [0.15, 0.2) is 0 Å². The second kappa shape index (κ2) is 6.95. The summed E-state index contributed by atoms with van der Waals surface area (Å²) >= 11 is 3.67. The molecular formula is C9H20N2OS2. The van der Waals surface area contributed by atoms with E-state index in [1.54, 1.807) is 0 Å². The lowest BCUT2D eigenvalue weighted by Gasteiger charge is -2.12. The van der Waals surface area contributed by atoms with Crippen molar-refractivity contribution >= 4 is 23.5 Å². The Morgan fingerprint density at radius 2 is 1.71 bits per heavy atom. The Morgan fingerprint density at radius 1 is 1.07 bits per heavy atom. The van der Waals surface area contributed by atoms with Crippen LogP contribution < -0.4 is 10.6 Å². The van der Waals surface area contributed by atoms with Gasteiger partial charge in [-0.3, -0.25) is 10.6 Å². The Balaban J connectivity index is 2.21. The average Bonchev–Trinajstić information content (AvgIpc) is 2.53. The lowest BCUT2D eigenvalue weighted by Crippen LogP contribution is -2.34. The largest absolute Gasteiger partial charge is 0.377 e. The second-order valence-electron chi connectivity index (χ2n) is 3.50. The van der Waals surface area contributed by atoms with Crippen LogP contribution in [0.25, 0.3) is 0 Å². The third-order valence-corrected chi connectivity index (χ3v) is 3.70. The van der Waals surface area contributed by atoms with Crippen molar-refractivity contribution in [1.29, 1.82) is 0 Å². The Labute approximate surface area is 94.8 Å². The van der Waals surface area contributed by atoms with E-state index in [1.165, 1.54) is 0 Å². The van der Waals surface area contributed by atoms with Gasteiger partial charge in [-0.05, 0) is 36.9 Å². The summed E-state index contributed by atoms with van der Waals surface area (Å²) < 4.78 is 0. The van der Waals surface area contributed by atoms with Gasteiger partial charge in [-0.2, -0.15) is 23.5 Å². The van der Waals surface area contributed by atoms with Crippen LogP contribution in [0.5, 0.6) is 0 Å². The molecule has 5 heteroatoms. The molecule has 0 aromatic rings. The minimum absolute atomic E-state index is 0.231. The molecule has 0 aromatic heterocycles. The first-order chi connectivity index (χ1) is 6.77. The third kappa shape index (κ3) is 3.98. The molecule has 84 valence electrons.